The van der Waals surface area contributed by atoms with E-state index in [0.717, 1.165) is 10.9 Å². The van der Waals surface area contributed by atoms with Crippen molar-refractivity contribution >= 4 is 34.4 Å². The Labute approximate surface area is 153 Å². The maximum atomic E-state index is 12.7. The Bertz CT molecular complexity index is 1100. The molecule has 0 aliphatic carbocycles. The van der Waals surface area contributed by atoms with E-state index in [1.165, 1.54) is 6.26 Å². The Morgan fingerprint density at radius 2 is 2.04 bits per heavy atom. The van der Waals surface area contributed by atoms with Crippen molar-refractivity contribution in [1.29, 1.82) is 0 Å². The fourth-order valence-electron chi connectivity index (χ4n) is 2.78. The summed E-state index contributed by atoms with van der Waals surface area (Å²) < 4.78 is 10.6. The molecule has 0 aliphatic rings. The van der Waals surface area contributed by atoms with Crippen LogP contribution in [0.1, 0.15) is 15.9 Å². The highest BCUT2D eigenvalue weighted by Gasteiger charge is 2.24. The predicted molar refractivity (Wildman–Crippen MR) is 98.7 cm³/mol. The lowest BCUT2D eigenvalue weighted by atomic mass is 10.1. The second-order valence-electron chi connectivity index (χ2n) is 5.73. The number of benzene rings is 2. The molecule has 0 bridgehead atoms. The molecule has 1 amide bonds. The van der Waals surface area contributed by atoms with Crippen molar-refractivity contribution in [3.63, 3.8) is 0 Å². The van der Waals surface area contributed by atoms with E-state index in [1.54, 1.807) is 12.1 Å². The minimum Gasteiger partial charge on any atom is -0.464 e. The second-order valence-corrected chi connectivity index (χ2v) is 6.17. The average molecular weight is 368 g/mol. The van der Waals surface area contributed by atoms with Crippen molar-refractivity contribution in [2.75, 3.05) is 5.73 Å². The summed E-state index contributed by atoms with van der Waals surface area (Å²) in [5, 5.41) is 8.20. The number of carbonyl (C=O) groups is 1. The number of fused-ring (bicyclic) bond motifs is 1. The van der Waals surface area contributed by atoms with Crippen LogP contribution >= 0.6 is 11.6 Å². The maximum absolute atomic E-state index is 12.7. The summed E-state index contributed by atoms with van der Waals surface area (Å²) in [7, 11) is 0. The molecule has 130 valence electrons. The van der Waals surface area contributed by atoms with Crippen LogP contribution in [-0.2, 0) is 6.54 Å². The molecule has 4 aromatic rings. The van der Waals surface area contributed by atoms with Crippen molar-refractivity contribution in [3.8, 4) is 11.3 Å². The van der Waals surface area contributed by atoms with E-state index in [9.17, 15) is 4.79 Å². The molecule has 0 atom stereocenters. The Hall–Kier alpha value is -3.25. The molecule has 0 fully saturated rings. The number of nitrogens with two attached hydrogens (primary N) is 1. The molecule has 0 saturated heterocycles. The number of nitrogens with zero attached hydrogens (tertiary/aromatic N) is 1. The van der Waals surface area contributed by atoms with Gasteiger partial charge in [-0.05, 0) is 23.8 Å². The summed E-state index contributed by atoms with van der Waals surface area (Å²) in [6.45, 7) is 0.301. The fraction of sp³-hybridized carbons (Fsp3) is 0.0526. The third-order valence-electron chi connectivity index (χ3n) is 4.02. The van der Waals surface area contributed by atoms with Crippen molar-refractivity contribution < 1.29 is 13.7 Å². The number of para-hydroxylation sites is 1. The van der Waals surface area contributed by atoms with E-state index in [1.807, 2.05) is 36.4 Å². The Balaban J connectivity index is 1.65. The zero-order valence-electron chi connectivity index (χ0n) is 13.5. The topological polar surface area (TPSA) is 94.3 Å². The number of rotatable bonds is 4. The SMILES string of the molecule is Nc1onc(-c2coc3ccccc23)c1C(=O)NCc1cccc(Cl)c1. The molecule has 0 saturated carbocycles. The van der Waals surface area contributed by atoms with Crippen molar-refractivity contribution in [2.45, 2.75) is 6.54 Å². The second kappa shape index (κ2) is 6.57. The molecule has 2 aromatic carbocycles. The molecule has 0 unspecified atom stereocenters. The lowest BCUT2D eigenvalue weighted by Crippen LogP contribution is -2.23. The van der Waals surface area contributed by atoms with Gasteiger partial charge < -0.3 is 20.0 Å². The first kappa shape index (κ1) is 16.2. The molecule has 2 heterocycles. The largest absolute Gasteiger partial charge is 0.464 e. The van der Waals surface area contributed by atoms with Gasteiger partial charge in [0.25, 0.3) is 5.91 Å². The number of furan rings is 1. The molecule has 7 heteroatoms. The molecule has 0 aliphatic heterocycles. The fourth-order valence-corrected chi connectivity index (χ4v) is 3.00. The minimum atomic E-state index is -0.385. The average Bonchev–Trinajstić information content (AvgIpc) is 3.23. The molecule has 3 N–H and O–H groups in total. The van der Waals surface area contributed by atoms with Gasteiger partial charge in [-0.15, -0.1) is 0 Å². The van der Waals surface area contributed by atoms with Gasteiger partial charge in [0.2, 0.25) is 5.88 Å². The summed E-state index contributed by atoms with van der Waals surface area (Å²) in [5.41, 5.74) is 8.57. The van der Waals surface area contributed by atoms with E-state index in [4.69, 9.17) is 26.3 Å². The van der Waals surface area contributed by atoms with E-state index in [-0.39, 0.29) is 17.4 Å². The summed E-state index contributed by atoms with van der Waals surface area (Å²) in [5.74, 6) is -0.433. The molecule has 4 rings (SSSR count). The first-order valence-electron chi connectivity index (χ1n) is 7.88. The number of aromatic nitrogens is 1. The van der Waals surface area contributed by atoms with Crippen LogP contribution in [0.25, 0.3) is 22.2 Å². The normalized spacial score (nSPS) is 11.0. The molecular weight excluding hydrogens is 354 g/mol. The summed E-state index contributed by atoms with van der Waals surface area (Å²) >= 11 is 5.97. The number of anilines is 1. The van der Waals surface area contributed by atoms with Gasteiger partial charge in [-0.25, -0.2) is 0 Å². The number of nitrogen functional groups attached to an aromatic ring is 1. The van der Waals surface area contributed by atoms with Gasteiger partial charge >= 0.3 is 0 Å². The van der Waals surface area contributed by atoms with Crippen LogP contribution in [0.4, 0.5) is 5.88 Å². The van der Waals surface area contributed by atoms with Gasteiger partial charge in [0, 0.05) is 17.0 Å². The number of nitrogens with one attached hydrogen (secondary N) is 1. The Morgan fingerprint density at radius 1 is 1.19 bits per heavy atom. The summed E-state index contributed by atoms with van der Waals surface area (Å²) in [6.07, 6.45) is 1.54. The molecule has 6 nitrogen and oxygen atoms in total. The summed E-state index contributed by atoms with van der Waals surface area (Å²) in [4.78, 5) is 12.7. The Kier molecular flexibility index (Phi) is 4.10. The minimum absolute atomic E-state index is 0.0473. The number of halogens is 1. The van der Waals surface area contributed by atoms with Crippen molar-refractivity contribution in [1.82, 2.24) is 10.5 Å². The van der Waals surface area contributed by atoms with Crippen LogP contribution in [0.2, 0.25) is 5.02 Å². The highest BCUT2D eigenvalue weighted by atomic mass is 35.5. The number of amides is 1. The number of carbonyl (C=O) groups excluding carboxylic acids is 1. The molecule has 2 aromatic heterocycles. The first-order valence-corrected chi connectivity index (χ1v) is 8.25. The smallest absolute Gasteiger partial charge is 0.259 e. The monoisotopic (exact) mass is 367 g/mol. The zero-order valence-corrected chi connectivity index (χ0v) is 14.3. The lowest BCUT2D eigenvalue weighted by molar-refractivity contribution is 0.0952. The highest BCUT2D eigenvalue weighted by Crippen LogP contribution is 2.34. The van der Waals surface area contributed by atoms with Crippen molar-refractivity contribution in [3.05, 3.63) is 70.9 Å². The van der Waals surface area contributed by atoms with Crippen LogP contribution in [0.3, 0.4) is 0 Å². The van der Waals surface area contributed by atoms with Crippen LogP contribution < -0.4 is 11.1 Å². The number of hydrogen-bond acceptors (Lipinski definition) is 5. The summed E-state index contributed by atoms with van der Waals surface area (Å²) in [6, 6.07) is 14.7. The van der Waals surface area contributed by atoms with Crippen LogP contribution in [0.15, 0.2) is 63.7 Å². The van der Waals surface area contributed by atoms with E-state index in [2.05, 4.69) is 10.5 Å². The predicted octanol–water partition coefficient (Wildman–Crippen LogP) is 4.25. The van der Waals surface area contributed by atoms with Crippen LogP contribution in [-0.4, -0.2) is 11.1 Å². The highest BCUT2D eigenvalue weighted by molar-refractivity contribution is 6.30. The van der Waals surface area contributed by atoms with Crippen LogP contribution in [0.5, 0.6) is 0 Å². The standard InChI is InChI=1S/C19H14ClN3O3/c20-12-5-3-4-11(8-12)9-22-19(24)16-17(23-26-18(16)21)14-10-25-15-7-2-1-6-13(14)15/h1-8,10H,9,21H2,(H,22,24). The molecule has 0 radical (unpaired) electrons. The van der Waals surface area contributed by atoms with Gasteiger partial charge in [0.1, 0.15) is 23.1 Å². The number of hydrogen-bond donors (Lipinski definition) is 2. The molecule has 0 spiro atoms. The van der Waals surface area contributed by atoms with Gasteiger partial charge in [-0.3, -0.25) is 4.79 Å². The third kappa shape index (κ3) is 2.91. The first-order chi connectivity index (χ1) is 12.6. The van der Waals surface area contributed by atoms with Gasteiger partial charge in [-0.1, -0.05) is 47.1 Å². The molecular formula is C19H14ClN3O3. The van der Waals surface area contributed by atoms with Crippen LogP contribution in [0, 0.1) is 0 Å². The van der Waals surface area contributed by atoms with E-state index in [0.29, 0.717) is 28.4 Å². The Morgan fingerprint density at radius 3 is 2.88 bits per heavy atom. The van der Waals surface area contributed by atoms with E-state index >= 15 is 0 Å². The maximum Gasteiger partial charge on any atom is 0.259 e. The van der Waals surface area contributed by atoms with Gasteiger partial charge in [0.05, 0.1) is 5.56 Å². The quantitative estimate of drug-likeness (QED) is 0.562. The lowest BCUT2D eigenvalue weighted by Gasteiger charge is -2.06. The van der Waals surface area contributed by atoms with Gasteiger partial charge in [-0.2, -0.15) is 0 Å². The van der Waals surface area contributed by atoms with Gasteiger partial charge in [0.15, 0.2) is 0 Å². The zero-order chi connectivity index (χ0) is 18.1. The van der Waals surface area contributed by atoms with E-state index < -0.39 is 0 Å². The third-order valence-corrected chi connectivity index (χ3v) is 4.26. The molecule has 26 heavy (non-hydrogen) atoms. The van der Waals surface area contributed by atoms with Crippen molar-refractivity contribution in [2.24, 2.45) is 0 Å².